The Balaban J connectivity index is 1.95. The summed E-state index contributed by atoms with van der Waals surface area (Å²) < 4.78 is 18.7. The number of nitrogens with zero attached hydrogens (tertiary/aromatic N) is 1. The van der Waals surface area contributed by atoms with Crippen molar-refractivity contribution in [3.05, 3.63) is 29.6 Å². The van der Waals surface area contributed by atoms with Crippen LogP contribution in [-0.2, 0) is 0 Å². The number of rotatable bonds is 6. The van der Waals surface area contributed by atoms with Crippen molar-refractivity contribution in [1.29, 1.82) is 0 Å². The molecule has 1 saturated carbocycles. The van der Waals surface area contributed by atoms with E-state index in [1.807, 2.05) is 7.05 Å². The van der Waals surface area contributed by atoms with E-state index in [1.165, 1.54) is 25.0 Å². The first-order chi connectivity index (χ1) is 8.59. The highest BCUT2D eigenvalue weighted by Gasteiger charge is 2.25. The molecule has 1 aromatic carbocycles. The van der Waals surface area contributed by atoms with E-state index in [0.29, 0.717) is 19.2 Å². The molecular weight excluding hydrogens is 237 g/mol. The summed E-state index contributed by atoms with van der Waals surface area (Å²) in [5.41, 5.74) is -0.397. The predicted octanol–water partition coefficient (Wildman–Crippen LogP) is 2.00. The Labute approximate surface area is 105 Å². The van der Waals surface area contributed by atoms with Gasteiger partial charge in [0.2, 0.25) is 0 Å². The lowest BCUT2D eigenvalue weighted by atomic mass is 10.2. The molecule has 0 bridgehead atoms. The number of ether oxygens (including phenoxy) is 1. The third-order valence-corrected chi connectivity index (χ3v) is 3.06. The van der Waals surface area contributed by atoms with Crippen LogP contribution in [-0.4, -0.2) is 42.2 Å². The number of carbonyl (C=O) groups is 1. The van der Waals surface area contributed by atoms with Crippen molar-refractivity contribution < 1.29 is 19.0 Å². The monoisotopic (exact) mass is 253 g/mol. The third kappa shape index (κ3) is 2.98. The lowest BCUT2D eigenvalue weighted by Gasteiger charge is -2.16. The van der Waals surface area contributed by atoms with Crippen molar-refractivity contribution in [2.24, 2.45) is 0 Å². The molecule has 0 unspecified atom stereocenters. The minimum atomic E-state index is -1.31. The van der Waals surface area contributed by atoms with Gasteiger partial charge in [-0.25, -0.2) is 9.18 Å². The Morgan fingerprint density at radius 1 is 1.56 bits per heavy atom. The van der Waals surface area contributed by atoms with E-state index in [1.54, 1.807) is 0 Å². The average molecular weight is 253 g/mol. The average Bonchev–Trinajstić information content (AvgIpc) is 3.12. The number of likely N-dealkylation sites (N-methyl/N-ethyl adjacent to an activating group) is 1. The summed E-state index contributed by atoms with van der Waals surface area (Å²) in [6, 6.07) is 4.66. The number of benzene rings is 1. The van der Waals surface area contributed by atoms with Crippen LogP contribution >= 0.6 is 0 Å². The van der Waals surface area contributed by atoms with Crippen LogP contribution in [0, 0.1) is 5.82 Å². The van der Waals surface area contributed by atoms with E-state index in [2.05, 4.69) is 4.90 Å². The number of hydrogen-bond acceptors (Lipinski definition) is 3. The van der Waals surface area contributed by atoms with Crippen LogP contribution in [0.1, 0.15) is 23.2 Å². The van der Waals surface area contributed by atoms with Crippen molar-refractivity contribution in [3.63, 3.8) is 0 Å². The summed E-state index contributed by atoms with van der Waals surface area (Å²) in [6.07, 6.45) is 2.41. The Kier molecular flexibility index (Phi) is 3.81. The molecule has 98 valence electrons. The molecule has 1 aliphatic rings. The molecule has 0 radical (unpaired) electrons. The van der Waals surface area contributed by atoms with Crippen LogP contribution in [0.2, 0.25) is 0 Å². The molecule has 1 aromatic rings. The van der Waals surface area contributed by atoms with Crippen molar-refractivity contribution in [3.8, 4) is 5.75 Å². The van der Waals surface area contributed by atoms with Gasteiger partial charge in [0.1, 0.15) is 23.7 Å². The number of halogens is 1. The van der Waals surface area contributed by atoms with Crippen molar-refractivity contribution >= 4 is 5.97 Å². The molecule has 18 heavy (non-hydrogen) atoms. The zero-order valence-corrected chi connectivity index (χ0v) is 10.2. The van der Waals surface area contributed by atoms with Gasteiger partial charge >= 0.3 is 5.97 Å². The standard InChI is InChI=1S/C13H16FNO3/c1-15(9-5-6-9)7-8-18-11-4-2-3-10(14)12(11)13(16)17/h2-4,9H,5-8H2,1H3,(H,16,17). The van der Waals surface area contributed by atoms with Crippen LogP contribution < -0.4 is 4.74 Å². The highest BCUT2D eigenvalue weighted by molar-refractivity contribution is 5.91. The summed E-state index contributed by atoms with van der Waals surface area (Å²) in [7, 11) is 2.00. The van der Waals surface area contributed by atoms with E-state index in [-0.39, 0.29) is 5.75 Å². The highest BCUT2D eigenvalue weighted by Crippen LogP contribution is 2.25. The summed E-state index contributed by atoms with van der Waals surface area (Å²) >= 11 is 0. The Morgan fingerprint density at radius 2 is 2.28 bits per heavy atom. The van der Waals surface area contributed by atoms with E-state index in [4.69, 9.17) is 9.84 Å². The maximum absolute atomic E-state index is 13.4. The van der Waals surface area contributed by atoms with Crippen LogP contribution in [0.15, 0.2) is 18.2 Å². The lowest BCUT2D eigenvalue weighted by molar-refractivity contribution is 0.0686. The maximum Gasteiger partial charge on any atom is 0.342 e. The number of hydrogen-bond donors (Lipinski definition) is 1. The maximum atomic E-state index is 13.4. The Hall–Kier alpha value is -1.62. The Morgan fingerprint density at radius 3 is 2.89 bits per heavy atom. The van der Waals surface area contributed by atoms with Gasteiger partial charge in [-0.05, 0) is 32.0 Å². The van der Waals surface area contributed by atoms with Crippen molar-refractivity contribution in [2.45, 2.75) is 18.9 Å². The van der Waals surface area contributed by atoms with Crippen LogP contribution in [0.5, 0.6) is 5.75 Å². The molecule has 1 N–H and O–H groups in total. The van der Waals surface area contributed by atoms with Crippen molar-refractivity contribution in [2.75, 3.05) is 20.2 Å². The largest absolute Gasteiger partial charge is 0.491 e. The van der Waals surface area contributed by atoms with Gasteiger partial charge in [-0.2, -0.15) is 0 Å². The third-order valence-electron chi connectivity index (χ3n) is 3.06. The van der Waals surface area contributed by atoms with Crippen molar-refractivity contribution in [1.82, 2.24) is 4.90 Å². The van der Waals surface area contributed by atoms with Gasteiger partial charge in [0.25, 0.3) is 0 Å². The molecule has 0 aliphatic heterocycles. The number of carboxylic acids is 1. The molecule has 1 fully saturated rings. The lowest BCUT2D eigenvalue weighted by Crippen LogP contribution is -2.26. The molecule has 1 aliphatic carbocycles. The quantitative estimate of drug-likeness (QED) is 0.842. The fourth-order valence-electron chi connectivity index (χ4n) is 1.83. The molecule has 0 spiro atoms. The molecular formula is C13H16FNO3. The second-order valence-corrected chi connectivity index (χ2v) is 4.48. The highest BCUT2D eigenvalue weighted by atomic mass is 19.1. The van der Waals surface area contributed by atoms with Gasteiger partial charge in [-0.1, -0.05) is 6.07 Å². The van der Waals surface area contributed by atoms with E-state index in [0.717, 1.165) is 6.07 Å². The van der Waals surface area contributed by atoms with Crippen LogP contribution in [0.25, 0.3) is 0 Å². The first kappa shape index (κ1) is 12.8. The number of carboxylic acid groups (broad SMARTS) is 1. The molecule has 0 aromatic heterocycles. The second kappa shape index (κ2) is 5.35. The molecule has 2 rings (SSSR count). The number of aromatic carboxylic acids is 1. The van der Waals surface area contributed by atoms with Gasteiger partial charge in [-0.3, -0.25) is 0 Å². The fourth-order valence-corrected chi connectivity index (χ4v) is 1.83. The summed E-state index contributed by atoms with van der Waals surface area (Å²) in [5.74, 6) is -1.99. The zero-order chi connectivity index (χ0) is 13.1. The first-order valence-electron chi connectivity index (χ1n) is 5.94. The van der Waals surface area contributed by atoms with Crippen LogP contribution in [0.3, 0.4) is 0 Å². The zero-order valence-electron chi connectivity index (χ0n) is 10.2. The molecule has 5 heteroatoms. The molecule has 0 heterocycles. The summed E-state index contributed by atoms with van der Waals surface area (Å²) in [4.78, 5) is 13.1. The van der Waals surface area contributed by atoms with E-state index < -0.39 is 17.3 Å². The Bertz CT molecular complexity index is 446. The minimum Gasteiger partial charge on any atom is -0.491 e. The fraction of sp³-hybridized carbons (Fsp3) is 0.462. The van der Waals surface area contributed by atoms with Gasteiger partial charge in [0.05, 0.1) is 0 Å². The normalized spacial score (nSPS) is 14.8. The topological polar surface area (TPSA) is 49.8 Å². The van der Waals surface area contributed by atoms with Gasteiger partial charge in [0.15, 0.2) is 0 Å². The van der Waals surface area contributed by atoms with Gasteiger partial charge in [-0.15, -0.1) is 0 Å². The second-order valence-electron chi connectivity index (χ2n) is 4.48. The SMILES string of the molecule is CN(CCOc1cccc(F)c1C(=O)O)C1CC1. The molecule has 4 nitrogen and oxygen atoms in total. The molecule has 0 saturated heterocycles. The summed E-state index contributed by atoms with van der Waals surface area (Å²) in [5, 5.41) is 8.92. The smallest absolute Gasteiger partial charge is 0.342 e. The van der Waals surface area contributed by atoms with E-state index in [9.17, 15) is 9.18 Å². The van der Waals surface area contributed by atoms with E-state index >= 15 is 0 Å². The molecule has 0 amide bonds. The summed E-state index contributed by atoms with van der Waals surface area (Å²) in [6.45, 7) is 1.07. The minimum absolute atomic E-state index is 0.0895. The van der Waals surface area contributed by atoms with Crippen LogP contribution in [0.4, 0.5) is 4.39 Å². The van der Waals surface area contributed by atoms with Gasteiger partial charge in [0, 0.05) is 12.6 Å². The molecule has 0 atom stereocenters. The predicted molar refractivity (Wildman–Crippen MR) is 64.5 cm³/mol. The van der Waals surface area contributed by atoms with Gasteiger partial charge < -0.3 is 14.7 Å². The first-order valence-corrected chi connectivity index (χ1v) is 5.94.